The van der Waals surface area contributed by atoms with E-state index >= 15 is 0 Å². The summed E-state index contributed by atoms with van der Waals surface area (Å²) in [7, 11) is 0. The molecule has 12 heterocycles. The fourth-order valence-electron chi connectivity index (χ4n) is 21.0. The average molecular weight is 1870 g/mol. The van der Waals surface area contributed by atoms with E-state index < -0.39 is 0 Å². The number of fused-ring (bicyclic) bond motifs is 21. The van der Waals surface area contributed by atoms with Crippen LogP contribution in [0.2, 0.25) is 0 Å². The molecule has 1 aliphatic rings. The van der Waals surface area contributed by atoms with Gasteiger partial charge in [-0.25, -0.2) is 29.9 Å². The highest BCUT2D eigenvalue weighted by molar-refractivity contribution is 6.22. The van der Waals surface area contributed by atoms with Gasteiger partial charge in [-0.1, -0.05) is 273 Å². The highest BCUT2D eigenvalue weighted by Crippen LogP contribution is 2.49. The van der Waals surface area contributed by atoms with Gasteiger partial charge in [0, 0.05) is 126 Å². The molecule has 11 aromatic heterocycles. The first-order valence-corrected chi connectivity index (χ1v) is 48.4. The summed E-state index contributed by atoms with van der Waals surface area (Å²) in [4.78, 5) is 32.0. The van der Waals surface area contributed by atoms with Crippen molar-refractivity contribution < 1.29 is 17.7 Å². The summed E-state index contributed by atoms with van der Waals surface area (Å²) >= 11 is 0. The van der Waals surface area contributed by atoms with E-state index in [1.54, 1.807) is 25.1 Å². The van der Waals surface area contributed by atoms with E-state index in [1.165, 1.54) is 71.1 Å². The quantitative estimate of drug-likeness (QED) is 0.116. The van der Waals surface area contributed by atoms with Crippen LogP contribution in [0.5, 0.6) is 0 Å². The number of furan rings is 4. The van der Waals surface area contributed by atoms with Crippen LogP contribution in [-0.2, 0) is 0 Å². The number of anilines is 3. The summed E-state index contributed by atoms with van der Waals surface area (Å²) in [6.45, 7) is 0. The molecule has 145 heavy (non-hydrogen) atoms. The Labute approximate surface area is 830 Å². The number of hydrogen-bond donors (Lipinski definition) is 1. The van der Waals surface area contributed by atoms with Gasteiger partial charge in [0.15, 0.2) is 23.3 Å². The van der Waals surface area contributed by atoms with E-state index in [9.17, 15) is 0 Å². The second-order valence-corrected chi connectivity index (χ2v) is 36.0. The fourth-order valence-corrected chi connectivity index (χ4v) is 21.0. The van der Waals surface area contributed by atoms with E-state index in [4.69, 9.17) is 47.6 Å². The third kappa shape index (κ3) is 15.0. The molecule has 0 bridgehead atoms. The fraction of sp³-hybridized carbons (Fsp3) is 0.00775. The van der Waals surface area contributed by atoms with E-state index in [1.807, 2.05) is 140 Å². The predicted octanol–water partition coefficient (Wildman–Crippen LogP) is 33.4. The Morgan fingerprint density at radius 3 is 0.903 bits per heavy atom. The number of para-hydroxylation sites is 7. The SMILES string of the molecule is c1ccc(-c2cc(-c3ccccc3)nc(-c3ccc(-n4c5ccccc5c5ccc6occc6c54)cc3)n2)cc1.c1ccc(-c2cccc(-n3c4ccccc4c4ccc5occc5c43)n2)cc1.c1ccc(-c2nc(-c3ccccc3)nc(-c3ccc(-n4c5ccccc5c5ccc6occc6c54)cc3)n2)cc1.c1ccc(N2c3ccccc3NC2c2ccc(-n3c4ccccc4c4ccc5occc5c43)cc2)cc1. The zero-order valence-electron chi connectivity index (χ0n) is 78.0. The minimum atomic E-state index is 0.00702. The molecule has 1 aliphatic heterocycles. The highest BCUT2D eigenvalue weighted by Gasteiger charge is 2.32. The van der Waals surface area contributed by atoms with Gasteiger partial charge < -0.3 is 41.6 Å². The molecule has 1 unspecified atom stereocenters. The molecular formula is C129H84N12O4. The number of benzene rings is 18. The molecule has 1 atom stereocenters. The summed E-state index contributed by atoms with van der Waals surface area (Å²) in [5, 5.41) is 17.9. The van der Waals surface area contributed by atoms with Crippen molar-refractivity contribution in [2.24, 2.45) is 0 Å². The number of nitrogens with zero attached hydrogens (tertiary/aromatic N) is 11. The minimum Gasteiger partial charge on any atom is -0.464 e. The van der Waals surface area contributed by atoms with Crippen molar-refractivity contribution >= 4 is 148 Å². The van der Waals surface area contributed by atoms with Gasteiger partial charge in [0.2, 0.25) is 0 Å². The van der Waals surface area contributed by atoms with Crippen LogP contribution in [0.4, 0.5) is 17.1 Å². The van der Waals surface area contributed by atoms with Crippen molar-refractivity contribution in [1.29, 1.82) is 0 Å². The second kappa shape index (κ2) is 35.9. The molecule has 30 rings (SSSR count). The molecule has 0 radical (unpaired) electrons. The molecule has 0 fully saturated rings. The van der Waals surface area contributed by atoms with Crippen LogP contribution in [0.25, 0.3) is 233 Å². The average Bonchev–Trinajstić information content (AvgIpc) is 1.58. The summed E-state index contributed by atoms with van der Waals surface area (Å²) in [6.07, 6.45) is 7.05. The summed E-state index contributed by atoms with van der Waals surface area (Å²) in [5.41, 5.74) is 30.5. The van der Waals surface area contributed by atoms with Crippen LogP contribution >= 0.6 is 0 Å². The third-order valence-electron chi connectivity index (χ3n) is 27.6. The molecule has 0 aliphatic carbocycles. The predicted molar refractivity (Wildman–Crippen MR) is 588 cm³/mol. The first-order valence-electron chi connectivity index (χ1n) is 48.4. The Kier molecular flexibility index (Phi) is 20.9. The Hall–Kier alpha value is -19.8. The van der Waals surface area contributed by atoms with Crippen LogP contribution in [0.1, 0.15) is 11.7 Å². The van der Waals surface area contributed by atoms with E-state index in [2.05, 4.69) is 362 Å². The minimum absolute atomic E-state index is 0.00702. The van der Waals surface area contributed by atoms with E-state index in [0.717, 1.165) is 162 Å². The highest BCUT2D eigenvalue weighted by atomic mass is 16.3. The first-order chi connectivity index (χ1) is 71.9. The Morgan fingerprint density at radius 2 is 0.510 bits per heavy atom. The van der Waals surface area contributed by atoms with Crippen molar-refractivity contribution in [2.75, 3.05) is 10.2 Å². The Bertz CT molecular complexity index is 9500. The van der Waals surface area contributed by atoms with E-state index in [-0.39, 0.29) is 6.17 Å². The van der Waals surface area contributed by atoms with Crippen molar-refractivity contribution in [3.05, 3.63) is 504 Å². The normalized spacial score (nSPS) is 12.4. The molecule has 0 saturated carbocycles. The molecule has 16 heteroatoms. The van der Waals surface area contributed by atoms with Crippen molar-refractivity contribution in [1.82, 2.24) is 48.2 Å². The van der Waals surface area contributed by atoms with Crippen LogP contribution in [0.15, 0.2) is 516 Å². The molecule has 684 valence electrons. The number of rotatable bonds is 13. The monoisotopic (exact) mass is 1860 g/mol. The first kappa shape index (κ1) is 84.4. The molecule has 0 amide bonds. The molecular weight excluding hydrogens is 1780 g/mol. The summed E-state index contributed by atoms with van der Waals surface area (Å²) in [6, 6.07) is 163. The van der Waals surface area contributed by atoms with Gasteiger partial charge in [0.25, 0.3) is 0 Å². The largest absolute Gasteiger partial charge is 0.464 e. The van der Waals surface area contributed by atoms with Gasteiger partial charge in [0.1, 0.15) is 34.3 Å². The van der Waals surface area contributed by atoms with Crippen LogP contribution in [-0.4, -0.2) is 48.2 Å². The third-order valence-corrected chi connectivity index (χ3v) is 27.6. The smallest absolute Gasteiger partial charge is 0.164 e. The Balaban J connectivity index is 0.0000000968. The maximum absolute atomic E-state index is 5.76. The van der Waals surface area contributed by atoms with Gasteiger partial charge in [-0.15, -0.1) is 0 Å². The topological polar surface area (TPSA) is 165 Å². The lowest BCUT2D eigenvalue weighted by Crippen LogP contribution is -2.23. The van der Waals surface area contributed by atoms with Crippen molar-refractivity contribution in [2.45, 2.75) is 6.17 Å². The standard InChI is InChI=1S/C36H23N3O.C35H22N4O.C33H23N3O.C25H16N2O/c1-3-9-24(10-4-1)31-23-32(25-11-5-2-6-12-25)38-36(37-31)26-15-17-27(18-16-26)39-33-14-8-7-13-28(33)29-19-20-34-30(35(29)39)21-22-40-34;1-3-9-23(10-4-1)33-36-34(24-11-5-2-6-12-24)38-35(37-33)25-15-17-26(18-16-25)39-30-14-8-7-13-27(30)28-19-20-31-29(32(28)39)21-22-40-31;1-2-8-23(9-3-1)36-30-13-7-5-11-28(30)34-33(36)22-14-16-24(17-15-22)35-29-12-6-4-10-25(29)26-18-19-31-27(32(26)35)20-21-37-31;1-2-7-17(8-3-1)21-10-6-12-24(26-21)27-22-11-5-4-9-18(22)19-13-14-23-20(25(19)27)15-16-28-23/h1-23H;1-22H;1-21,33-34H;1-16H. The van der Waals surface area contributed by atoms with Crippen LogP contribution in [0, 0.1) is 0 Å². The van der Waals surface area contributed by atoms with Crippen molar-refractivity contribution in [3.8, 4) is 102 Å². The lowest BCUT2D eigenvalue weighted by atomic mass is 10.1. The van der Waals surface area contributed by atoms with Gasteiger partial charge in [0.05, 0.1) is 97.6 Å². The van der Waals surface area contributed by atoms with Crippen LogP contribution < -0.4 is 10.2 Å². The molecule has 1 N–H and O–H groups in total. The number of nitrogens with one attached hydrogen (secondary N) is 1. The maximum Gasteiger partial charge on any atom is 0.164 e. The van der Waals surface area contributed by atoms with Gasteiger partial charge >= 0.3 is 0 Å². The molecule has 29 aromatic rings. The second-order valence-electron chi connectivity index (χ2n) is 36.0. The molecule has 16 nitrogen and oxygen atoms in total. The van der Waals surface area contributed by atoms with Crippen LogP contribution in [0.3, 0.4) is 0 Å². The van der Waals surface area contributed by atoms with Gasteiger partial charge in [-0.2, -0.15) is 0 Å². The number of pyridine rings is 1. The summed E-state index contributed by atoms with van der Waals surface area (Å²) < 4.78 is 32.2. The lowest BCUT2D eigenvalue weighted by Gasteiger charge is -2.27. The lowest BCUT2D eigenvalue weighted by molar-refractivity contribution is 0.615. The molecule has 18 aromatic carbocycles. The summed E-state index contributed by atoms with van der Waals surface area (Å²) in [5.74, 6) is 3.54. The molecule has 0 saturated heterocycles. The van der Waals surface area contributed by atoms with E-state index in [0.29, 0.717) is 23.3 Å². The van der Waals surface area contributed by atoms with Gasteiger partial charge in [-0.3, -0.25) is 4.57 Å². The molecule has 0 spiro atoms. The zero-order chi connectivity index (χ0) is 95.8. The van der Waals surface area contributed by atoms with Gasteiger partial charge in [-0.05, 0) is 206 Å². The number of hydrogen-bond acceptors (Lipinski definition) is 12. The van der Waals surface area contributed by atoms with Crippen molar-refractivity contribution in [3.63, 3.8) is 0 Å². The number of aromatic nitrogens is 10. The maximum atomic E-state index is 5.76. The Morgan fingerprint density at radius 1 is 0.200 bits per heavy atom. The zero-order valence-corrected chi connectivity index (χ0v) is 78.0.